The number of nitrogens with two attached hydrogens (primary N) is 2. The molecular weight excluding hydrogens is 757 g/mol. The lowest BCUT2D eigenvalue weighted by atomic mass is 10.1. The van der Waals surface area contributed by atoms with Crippen LogP contribution in [-0.4, -0.2) is 77.9 Å². The number of ether oxygens (including phenoxy) is 2. The van der Waals surface area contributed by atoms with Crippen LogP contribution in [0, 0.1) is 13.8 Å². The van der Waals surface area contributed by atoms with Gasteiger partial charge in [0.1, 0.15) is 28.2 Å². The van der Waals surface area contributed by atoms with Gasteiger partial charge in [-0.15, -0.1) is 0 Å². The van der Waals surface area contributed by atoms with E-state index in [1.807, 2.05) is 26.0 Å². The number of nitrogens with one attached hydrogen (secondary N) is 1. The summed E-state index contributed by atoms with van der Waals surface area (Å²) in [7, 11) is 1.46. The van der Waals surface area contributed by atoms with Crippen LogP contribution in [0.1, 0.15) is 79.3 Å². The molecule has 18 nitrogen and oxygen atoms in total. The Labute approximate surface area is 329 Å². The van der Waals surface area contributed by atoms with E-state index >= 15 is 0 Å². The van der Waals surface area contributed by atoms with Gasteiger partial charge in [0.05, 0.1) is 35.3 Å². The highest BCUT2D eigenvalue weighted by Gasteiger charge is 2.23. The molecule has 0 bridgehead atoms. The highest BCUT2D eigenvalue weighted by Crippen LogP contribution is 2.32. The zero-order valence-electron chi connectivity index (χ0n) is 32.0. The van der Waals surface area contributed by atoms with E-state index < -0.39 is 23.6 Å². The normalized spacial score (nSPS) is 11.9. The number of oxazole rings is 1. The molecule has 6 rings (SSSR count). The number of allylic oxidation sites excluding steroid dienone is 2. The monoisotopic (exact) mass is 798 g/mol. The number of nitrogens with zero attached hydrogens (tertiary/aromatic N) is 7. The molecule has 0 saturated heterocycles. The van der Waals surface area contributed by atoms with Gasteiger partial charge in [-0.1, -0.05) is 30.4 Å². The molecule has 0 fully saturated rings. The van der Waals surface area contributed by atoms with Gasteiger partial charge >= 0.3 is 5.91 Å². The number of aliphatic hydroxyl groups excluding tert-OH is 1. The molecule has 0 spiro atoms. The standard InChI is InChI=1S/C38H42N10O8S/c1-6-24-32(56-21(4)41-24)36(53)44-38-47(31-27(54-5)17-23(34(40)51)19-29(31)57-38)12-9-8-11-46-30-25(16-22(33(39)50)18-28(30)55-14-10-13-49)42-37(46)43-35(52)26-15-20(3)45-48(26)7-2/h8-9,15-19,49H,6-7,10-14H2,1-5H3,(H2,39,50)(H2,40,51)(H,42,43,52)/b9-8+,44-38?. The van der Waals surface area contributed by atoms with Gasteiger partial charge in [-0.3, -0.25) is 29.2 Å². The van der Waals surface area contributed by atoms with Gasteiger partial charge in [0.25, 0.3) is 5.91 Å². The summed E-state index contributed by atoms with van der Waals surface area (Å²) in [6.07, 6.45) is 4.43. The summed E-state index contributed by atoms with van der Waals surface area (Å²) in [6, 6.07) is 7.81. The van der Waals surface area contributed by atoms with Gasteiger partial charge in [0, 0.05) is 50.7 Å². The zero-order chi connectivity index (χ0) is 41.0. The van der Waals surface area contributed by atoms with E-state index in [9.17, 15) is 24.3 Å². The lowest BCUT2D eigenvalue weighted by molar-refractivity contribution is 0.0965. The number of primary amides is 2. The lowest BCUT2D eigenvalue weighted by Gasteiger charge is -2.13. The maximum absolute atomic E-state index is 13.6. The average Bonchev–Trinajstić information content (AvgIpc) is 3.95. The van der Waals surface area contributed by atoms with Crippen LogP contribution in [-0.2, 0) is 26.1 Å². The molecule has 4 heterocycles. The minimum absolute atomic E-state index is 0.0366. The largest absolute Gasteiger partial charge is 0.494 e. The van der Waals surface area contributed by atoms with Crippen LogP contribution in [0.4, 0.5) is 5.95 Å². The number of amides is 4. The van der Waals surface area contributed by atoms with Crippen LogP contribution < -0.4 is 31.1 Å². The van der Waals surface area contributed by atoms with Crippen molar-refractivity contribution < 1.29 is 38.2 Å². The SMILES string of the molecule is CCc1nc(C)oc1C(=O)N=c1sc2cc(C(N)=O)cc(OC)c2n1C/C=C/Cn1c(NC(=O)c2cc(C)nn2CC)nc2cc(C(N)=O)cc(OCCCO)c21. The first-order valence-electron chi connectivity index (χ1n) is 18.0. The van der Waals surface area contributed by atoms with Crippen LogP contribution in [0.5, 0.6) is 11.5 Å². The first kappa shape index (κ1) is 40.1. The number of benzene rings is 2. The number of hydrogen-bond acceptors (Lipinski definition) is 12. The van der Waals surface area contributed by atoms with E-state index in [1.54, 1.807) is 39.8 Å². The molecule has 19 heteroatoms. The van der Waals surface area contributed by atoms with Gasteiger partial charge in [-0.25, -0.2) is 9.97 Å². The van der Waals surface area contributed by atoms with Gasteiger partial charge in [-0.05, 0) is 50.6 Å². The van der Waals surface area contributed by atoms with Gasteiger partial charge in [-0.2, -0.15) is 10.1 Å². The van der Waals surface area contributed by atoms with Crippen molar-refractivity contribution in [2.45, 2.75) is 60.2 Å². The quantitative estimate of drug-likeness (QED) is 0.0813. The van der Waals surface area contributed by atoms with E-state index in [2.05, 4.69) is 25.4 Å². The van der Waals surface area contributed by atoms with Crippen LogP contribution in [0.2, 0.25) is 0 Å². The number of rotatable bonds is 16. The third-order valence-electron chi connectivity index (χ3n) is 8.83. The molecule has 298 valence electrons. The third-order valence-corrected chi connectivity index (χ3v) is 9.86. The number of imidazole rings is 1. The molecule has 0 unspecified atom stereocenters. The molecule has 6 N–H and O–H groups in total. The van der Waals surface area contributed by atoms with Gasteiger partial charge in [0.2, 0.25) is 23.5 Å². The van der Waals surface area contributed by atoms with Crippen molar-refractivity contribution in [2.24, 2.45) is 16.5 Å². The minimum atomic E-state index is -0.700. The number of aromatic nitrogens is 6. The topological polar surface area (TPSA) is 250 Å². The van der Waals surface area contributed by atoms with Gasteiger partial charge in [0.15, 0.2) is 10.7 Å². The van der Waals surface area contributed by atoms with Crippen molar-refractivity contribution in [3.05, 3.63) is 87.1 Å². The molecule has 57 heavy (non-hydrogen) atoms. The lowest BCUT2D eigenvalue weighted by Crippen LogP contribution is -2.20. The van der Waals surface area contributed by atoms with E-state index in [-0.39, 0.29) is 59.7 Å². The predicted octanol–water partition coefficient (Wildman–Crippen LogP) is 3.65. The first-order valence-corrected chi connectivity index (χ1v) is 18.8. The van der Waals surface area contributed by atoms with Crippen LogP contribution in [0.3, 0.4) is 0 Å². The average molecular weight is 799 g/mol. The third kappa shape index (κ3) is 8.33. The molecule has 2 aromatic carbocycles. The summed E-state index contributed by atoms with van der Waals surface area (Å²) in [5, 5.41) is 16.7. The fraction of sp³-hybridized carbons (Fsp3) is 0.316. The number of carbonyl (C=O) groups is 4. The van der Waals surface area contributed by atoms with Crippen molar-refractivity contribution in [1.29, 1.82) is 0 Å². The second-order valence-corrected chi connectivity index (χ2v) is 13.8. The second-order valence-electron chi connectivity index (χ2n) is 12.8. The van der Waals surface area contributed by atoms with Gasteiger partial charge < -0.3 is 39.6 Å². The second kappa shape index (κ2) is 17.0. The van der Waals surface area contributed by atoms with Crippen molar-refractivity contribution in [2.75, 3.05) is 25.6 Å². The van der Waals surface area contributed by atoms with Crippen molar-refractivity contribution >= 4 is 62.2 Å². The van der Waals surface area contributed by atoms with Crippen molar-refractivity contribution in [3.8, 4) is 11.5 Å². The Balaban J connectivity index is 1.44. The minimum Gasteiger partial charge on any atom is -0.494 e. The summed E-state index contributed by atoms with van der Waals surface area (Å²) in [4.78, 5) is 65.3. The molecule has 0 radical (unpaired) electrons. The fourth-order valence-electron chi connectivity index (χ4n) is 6.24. The van der Waals surface area contributed by atoms with E-state index in [0.29, 0.717) is 69.4 Å². The number of aliphatic hydroxyl groups is 1. The predicted molar refractivity (Wildman–Crippen MR) is 211 cm³/mol. The summed E-state index contributed by atoms with van der Waals surface area (Å²) in [5.74, 6) is -1.29. The number of fused-ring (bicyclic) bond motifs is 2. The summed E-state index contributed by atoms with van der Waals surface area (Å²) < 4.78 is 23.0. The Hall–Kier alpha value is -6.60. The summed E-state index contributed by atoms with van der Waals surface area (Å²) >= 11 is 1.16. The molecule has 0 aliphatic carbocycles. The first-order chi connectivity index (χ1) is 27.4. The fourth-order valence-corrected chi connectivity index (χ4v) is 7.33. The number of anilines is 1. The maximum atomic E-state index is 13.6. The smallest absolute Gasteiger partial charge is 0.317 e. The number of thiazole rings is 1. The Morgan fingerprint density at radius 1 is 0.965 bits per heavy atom. The molecule has 0 aliphatic heterocycles. The maximum Gasteiger partial charge on any atom is 0.317 e. The van der Waals surface area contributed by atoms with Crippen LogP contribution in [0.25, 0.3) is 21.3 Å². The number of aryl methyl sites for hydroxylation is 4. The Bertz CT molecular complexity index is 2630. The molecular formula is C38H42N10O8S. The van der Waals surface area contributed by atoms with Crippen LogP contribution in [0.15, 0.2) is 51.9 Å². The van der Waals surface area contributed by atoms with E-state index in [0.717, 1.165) is 11.3 Å². The van der Waals surface area contributed by atoms with E-state index in [4.69, 9.17) is 25.4 Å². The molecule has 0 aliphatic rings. The Kier molecular flexibility index (Phi) is 12.0. The zero-order valence-corrected chi connectivity index (χ0v) is 32.8. The number of methoxy groups -OCH3 is 1. The highest BCUT2D eigenvalue weighted by atomic mass is 32.1. The molecule has 4 amide bonds. The summed E-state index contributed by atoms with van der Waals surface area (Å²) in [6.45, 7) is 7.95. The Morgan fingerprint density at radius 3 is 2.33 bits per heavy atom. The molecule has 0 saturated carbocycles. The summed E-state index contributed by atoms with van der Waals surface area (Å²) in [5.41, 5.74) is 14.5. The molecule has 0 atom stereocenters. The molecule has 6 aromatic rings. The van der Waals surface area contributed by atoms with Crippen LogP contribution >= 0.6 is 11.3 Å². The number of hydrogen-bond donors (Lipinski definition) is 4. The molecule has 4 aromatic heterocycles. The van der Waals surface area contributed by atoms with E-state index in [1.165, 1.54) is 25.3 Å². The highest BCUT2D eigenvalue weighted by molar-refractivity contribution is 7.16. The Morgan fingerprint density at radius 2 is 1.67 bits per heavy atom. The van der Waals surface area contributed by atoms with Crippen molar-refractivity contribution in [3.63, 3.8) is 0 Å². The number of carbonyl (C=O) groups excluding carboxylic acids is 4. The van der Waals surface area contributed by atoms with Crippen molar-refractivity contribution in [1.82, 2.24) is 28.9 Å².